The number of ketones is 1. The molecular weight excluding hydrogens is 266 g/mol. The van der Waals surface area contributed by atoms with E-state index in [-0.39, 0.29) is 16.0 Å². The van der Waals surface area contributed by atoms with E-state index in [0.29, 0.717) is 6.29 Å². The Kier molecular flexibility index (Phi) is 3.68. The summed E-state index contributed by atoms with van der Waals surface area (Å²) in [5, 5.41) is 10.5. The number of carbonyl (C=O) groups is 2. The molecule has 15 heavy (non-hydrogen) atoms. The van der Waals surface area contributed by atoms with Crippen LogP contribution in [-0.4, -0.2) is 17.0 Å². The molecule has 0 saturated heterocycles. The Morgan fingerprint density at radius 2 is 2.20 bits per heavy atom. The van der Waals surface area contributed by atoms with Gasteiger partial charge in [0.2, 0.25) is 0 Å². The summed E-state index contributed by atoms with van der Waals surface area (Å²) in [7, 11) is 0. The molecule has 0 aromatic rings. The van der Waals surface area contributed by atoms with Crippen molar-refractivity contribution < 1.29 is 14.5 Å². The number of carbonyl (C=O) groups excluding carboxylic acids is 2. The molecule has 6 heteroatoms. The van der Waals surface area contributed by atoms with Crippen molar-refractivity contribution in [3.8, 4) is 0 Å². The molecule has 78 valence electrons. The van der Waals surface area contributed by atoms with Crippen molar-refractivity contribution in [2.45, 2.75) is 0 Å². The van der Waals surface area contributed by atoms with Gasteiger partial charge in [-0.1, -0.05) is 6.08 Å². The molecule has 0 aliphatic heterocycles. The molecule has 0 bridgehead atoms. The highest BCUT2D eigenvalue weighted by molar-refractivity contribution is 9.12. The Labute approximate surface area is 93.4 Å². The normalized spacial score (nSPS) is 21.1. The van der Waals surface area contributed by atoms with E-state index in [0.717, 1.165) is 12.2 Å². The first-order valence-electron chi connectivity index (χ1n) is 3.96. The van der Waals surface area contributed by atoms with Gasteiger partial charge in [-0.05, 0) is 22.0 Å². The van der Waals surface area contributed by atoms with Crippen LogP contribution in [0.25, 0.3) is 0 Å². The summed E-state index contributed by atoms with van der Waals surface area (Å²) in [5.74, 6) is -1.06. The van der Waals surface area contributed by atoms with Gasteiger partial charge in [-0.15, -0.1) is 0 Å². The van der Waals surface area contributed by atoms with E-state index in [1.165, 1.54) is 12.2 Å². The number of halogens is 1. The van der Waals surface area contributed by atoms with Gasteiger partial charge in [-0.25, -0.2) is 0 Å². The van der Waals surface area contributed by atoms with E-state index in [1.807, 2.05) is 0 Å². The van der Waals surface area contributed by atoms with Crippen molar-refractivity contribution in [2.75, 3.05) is 0 Å². The van der Waals surface area contributed by atoms with Crippen LogP contribution >= 0.6 is 15.9 Å². The Hall–Kier alpha value is -1.56. The molecule has 0 heterocycles. The third kappa shape index (κ3) is 2.69. The smallest absolute Gasteiger partial charge is 0.267 e. The van der Waals surface area contributed by atoms with Gasteiger partial charge in [-0.2, -0.15) is 0 Å². The average molecular weight is 272 g/mol. The highest BCUT2D eigenvalue weighted by Gasteiger charge is 2.26. The lowest BCUT2D eigenvalue weighted by atomic mass is 9.97. The van der Waals surface area contributed by atoms with Gasteiger partial charge in [-0.3, -0.25) is 19.7 Å². The topological polar surface area (TPSA) is 77.3 Å². The molecule has 1 aliphatic carbocycles. The molecule has 1 aliphatic rings. The fourth-order valence-corrected chi connectivity index (χ4v) is 1.59. The fraction of sp³-hybridized carbons (Fsp3) is 0.111. The Morgan fingerprint density at radius 1 is 1.53 bits per heavy atom. The third-order valence-corrected chi connectivity index (χ3v) is 2.39. The molecule has 0 amide bonds. The molecule has 0 fully saturated rings. The van der Waals surface area contributed by atoms with Crippen LogP contribution in [0, 0.1) is 16.0 Å². The van der Waals surface area contributed by atoms with Crippen LogP contribution in [0.3, 0.4) is 0 Å². The largest absolute Gasteiger partial charge is 0.299 e. The van der Waals surface area contributed by atoms with Crippen molar-refractivity contribution in [2.24, 2.45) is 5.92 Å². The summed E-state index contributed by atoms with van der Waals surface area (Å²) in [6.45, 7) is 0. The number of Topliss-reactive ketones (excluding diaryl/α,β-unsaturated/α-hetero) is 1. The fourth-order valence-electron chi connectivity index (χ4n) is 1.09. The molecule has 1 rings (SSSR count). The molecular formula is C9H6BrNO4. The third-order valence-electron chi connectivity index (χ3n) is 1.77. The second-order valence-electron chi connectivity index (χ2n) is 2.75. The second-order valence-corrected chi connectivity index (χ2v) is 3.61. The van der Waals surface area contributed by atoms with E-state index >= 15 is 0 Å². The molecule has 0 N–H and O–H groups in total. The number of aldehydes is 1. The van der Waals surface area contributed by atoms with Crippen LogP contribution in [-0.2, 0) is 9.59 Å². The SMILES string of the molecule is O=CC=CC1C=C([N+](=O)[O-])C=C(Br)C1=O. The van der Waals surface area contributed by atoms with Crippen LogP contribution in [0.2, 0.25) is 0 Å². The van der Waals surface area contributed by atoms with E-state index in [2.05, 4.69) is 15.9 Å². The Bertz CT molecular complexity index is 408. The predicted molar refractivity (Wildman–Crippen MR) is 55.8 cm³/mol. The summed E-state index contributed by atoms with van der Waals surface area (Å²) >= 11 is 2.94. The molecule has 0 radical (unpaired) electrons. The lowest BCUT2D eigenvalue weighted by molar-refractivity contribution is -0.419. The predicted octanol–water partition coefficient (Wildman–Crippen LogP) is 1.38. The van der Waals surface area contributed by atoms with Gasteiger partial charge in [0.15, 0.2) is 5.78 Å². The molecule has 0 saturated carbocycles. The number of nitrogens with zero attached hydrogens (tertiary/aromatic N) is 1. The van der Waals surface area contributed by atoms with Gasteiger partial charge in [0, 0.05) is 12.2 Å². The quantitative estimate of drug-likeness (QED) is 0.336. The highest BCUT2D eigenvalue weighted by Crippen LogP contribution is 2.24. The van der Waals surface area contributed by atoms with Gasteiger partial charge >= 0.3 is 0 Å². The first-order chi connectivity index (χ1) is 7.06. The summed E-state index contributed by atoms with van der Waals surface area (Å²) < 4.78 is 0.136. The van der Waals surface area contributed by atoms with Gasteiger partial charge < -0.3 is 0 Å². The summed E-state index contributed by atoms with van der Waals surface area (Å²) in [4.78, 5) is 31.4. The van der Waals surface area contributed by atoms with Crippen molar-refractivity contribution >= 4 is 28.0 Å². The maximum Gasteiger partial charge on any atom is 0.267 e. The van der Waals surface area contributed by atoms with E-state index in [9.17, 15) is 19.7 Å². The average Bonchev–Trinajstić information content (AvgIpc) is 2.19. The van der Waals surface area contributed by atoms with Crippen molar-refractivity contribution in [3.05, 3.63) is 44.6 Å². The minimum Gasteiger partial charge on any atom is -0.299 e. The zero-order valence-electron chi connectivity index (χ0n) is 7.42. The Morgan fingerprint density at radius 3 is 2.73 bits per heavy atom. The number of hydrogen-bond donors (Lipinski definition) is 0. The molecule has 0 spiro atoms. The summed E-state index contributed by atoms with van der Waals surface area (Å²) in [6.07, 6.45) is 5.31. The highest BCUT2D eigenvalue weighted by atomic mass is 79.9. The van der Waals surface area contributed by atoms with Crippen molar-refractivity contribution in [1.29, 1.82) is 0 Å². The number of nitro groups is 1. The Balaban J connectivity index is 3.04. The number of hydrogen-bond acceptors (Lipinski definition) is 4. The van der Waals surface area contributed by atoms with Crippen LogP contribution in [0.15, 0.2) is 34.5 Å². The maximum absolute atomic E-state index is 11.4. The molecule has 1 atom stereocenters. The van der Waals surface area contributed by atoms with Crippen LogP contribution in [0.4, 0.5) is 0 Å². The van der Waals surface area contributed by atoms with Gasteiger partial charge in [0.05, 0.1) is 15.3 Å². The molecule has 5 nitrogen and oxygen atoms in total. The van der Waals surface area contributed by atoms with Crippen molar-refractivity contribution in [3.63, 3.8) is 0 Å². The van der Waals surface area contributed by atoms with E-state index in [4.69, 9.17) is 0 Å². The lowest BCUT2D eigenvalue weighted by Gasteiger charge is -2.09. The minimum atomic E-state index is -0.755. The van der Waals surface area contributed by atoms with Crippen LogP contribution in [0.1, 0.15) is 0 Å². The molecule has 0 aromatic heterocycles. The maximum atomic E-state index is 11.4. The monoisotopic (exact) mass is 271 g/mol. The van der Waals surface area contributed by atoms with E-state index in [1.54, 1.807) is 0 Å². The van der Waals surface area contributed by atoms with Gasteiger partial charge in [0.1, 0.15) is 6.29 Å². The van der Waals surface area contributed by atoms with Crippen molar-refractivity contribution in [1.82, 2.24) is 0 Å². The first-order valence-corrected chi connectivity index (χ1v) is 4.75. The summed E-state index contributed by atoms with van der Waals surface area (Å²) in [6, 6.07) is 0. The van der Waals surface area contributed by atoms with Crippen LogP contribution < -0.4 is 0 Å². The summed E-state index contributed by atoms with van der Waals surface area (Å²) in [5.41, 5.74) is -0.165. The number of allylic oxidation sites excluding steroid dienone is 5. The van der Waals surface area contributed by atoms with Crippen LogP contribution in [0.5, 0.6) is 0 Å². The zero-order valence-corrected chi connectivity index (χ0v) is 9.01. The minimum absolute atomic E-state index is 0.136. The van der Waals surface area contributed by atoms with E-state index < -0.39 is 10.8 Å². The lowest BCUT2D eigenvalue weighted by Crippen LogP contribution is -2.16. The zero-order chi connectivity index (χ0) is 11.4. The van der Waals surface area contributed by atoms with Gasteiger partial charge in [0.25, 0.3) is 5.70 Å². The first kappa shape index (κ1) is 11.5. The number of rotatable bonds is 3. The molecule has 0 aromatic carbocycles. The standard InChI is InChI=1S/C9H6BrNO4/c10-8-5-7(11(14)15)4-6(9(8)13)2-1-3-12/h1-6H. The molecule has 1 unspecified atom stereocenters. The second kappa shape index (κ2) is 4.79.